The number of aromatic nitrogens is 4. The van der Waals surface area contributed by atoms with Crippen LogP contribution in [0.2, 0.25) is 0 Å². The fraction of sp³-hybridized carbons (Fsp3) is 0.300. The Bertz CT molecular complexity index is 940. The number of amides is 1. The first-order valence-corrected chi connectivity index (χ1v) is 9.86. The lowest BCUT2D eigenvalue weighted by molar-refractivity contribution is -0.115. The number of methoxy groups -OCH3 is 1. The first kappa shape index (κ1) is 19.9. The summed E-state index contributed by atoms with van der Waals surface area (Å²) in [5, 5.41) is 15.1. The molecule has 0 saturated heterocycles. The first-order valence-electron chi connectivity index (χ1n) is 8.99. The van der Waals surface area contributed by atoms with Crippen molar-refractivity contribution >= 4 is 23.4 Å². The van der Waals surface area contributed by atoms with Gasteiger partial charge in [0.2, 0.25) is 11.1 Å². The molecule has 1 atom stereocenters. The molecule has 0 radical (unpaired) electrons. The van der Waals surface area contributed by atoms with E-state index < -0.39 is 0 Å². The highest BCUT2D eigenvalue weighted by Gasteiger charge is 2.20. The molecule has 0 saturated carbocycles. The van der Waals surface area contributed by atoms with Gasteiger partial charge in [0.25, 0.3) is 0 Å². The zero-order valence-corrected chi connectivity index (χ0v) is 17.1. The van der Waals surface area contributed by atoms with Gasteiger partial charge in [-0.1, -0.05) is 43.8 Å². The number of benzene rings is 2. The smallest absolute Gasteiger partial charge is 0.237 e. The van der Waals surface area contributed by atoms with Crippen molar-refractivity contribution in [2.45, 2.75) is 37.1 Å². The Balaban J connectivity index is 1.72. The minimum Gasteiger partial charge on any atom is -0.497 e. The van der Waals surface area contributed by atoms with E-state index in [4.69, 9.17) is 4.74 Å². The summed E-state index contributed by atoms with van der Waals surface area (Å²) in [6.07, 6.45) is 0. The summed E-state index contributed by atoms with van der Waals surface area (Å²) in [7, 11) is 1.62. The van der Waals surface area contributed by atoms with Gasteiger partial charge in [-0.15, -0.1) is 5.10 Å². The summed E-state index contributed by atoms with van der Waals surface area (Å²) in [5.41, 5.74) is 2.74. The second-order valence-corrected chi connectivity index (χ2v) is 7.87. The fourth-order valence-corrected chi connectivity index (χ4v) is 3.51. The van der Waals surface area contributed by atoms with Crippen LogP contribution in [0.4, 0.5) is 5.69 Å². The van der Waals surface area contributed by atoms with Crippen molar-refractivity contribution in [3.63, 3.8) is 0 Å². The Kier molecular flexibility index (Phi) is 6.30. The fourth-order valence-electron chi connectivity index (χ4n) is 2.70. The van der Waals surface area contributed by atoms with Crippen LogP contribution in [0.3, 0.4) is 0 Å². The van der Waals surface area contributed by atoms with Gasteiger partial charge in [0.05, 0.1) is 18.0 Å². The van der Waals surface area contributed by atoms with Crippen molar-refractivity contribution in [3.05, 3.63) is 54.1 Å². The second kappa shape index (κ2) is 8.88. The van der Waals surface area contributed by atoms with Gasteiger partial charge in [0.1, 0.15) is 5.75 Å². The predicted molar refractivity (Wildman–Crippen MR) is 110 cm³/mol. The minimum atomic E-state index is -0.372. The molecule has 3 rings (SSSR count). The molecule has 1 aromatic heterocycles. The van der Waals surface area contributed by atoms with Gasteiger partial charge in [-0.25, -0.2) is 0 Å². The Morgan fingerprint density at radius 1 is 1.11 bits per heavy atom. The number of thioether (sulfide) groups is 1. The molecule has 0 aliphatic rings. The highest BCUT2D eigenvalue weighted by molar-refractivity contribution is 8.00. The van der Waals surface area contributed by atoms with Gasteiger partial charge >= 0.3 is 0 Å². The minimum absolute atomic E-state index is 0.0950. The standard InChI is InChI=1S/C20H23N5O2S/c1-13(2)17-7-5-6-8-18(17)21-19(26)14(3)28-20-22-23-24-25(20)15-9-11-16(27-4)12-10-15/h5-14H,1-4H3,(H,21,26)/t14-/m1/s1. The lowest BCUT2D eigenvalue weighted by Gasteiger charge is -2.16. The van der Waals surface area contributed by atoms with Crippen LogP contribution in [-0.2, 0) is 4.79 Å². The third-order valence-corrected chi connectivity index (χ3v) is 5.28. The summed E-state index contributed by atoms with van der Waals surface area (Å²) in [6.45, 7) is 6.05. The van der Waals surface area contributed by atoms with E-state index in [2.05, 4.69) is 34.7 Å². The number of anilines is 1. The predicted octanol–water partition coefficient (Wildman–Crippen LogP) is 3.91. The van der Waals surface area contributed by atoms with Gasteiger partial charge in [-0.3, -0.25) is 4.79 Å². The van der Waals surface area contributed by atoms with Gasteiger partial charge < -0.3 is 10.1 Å². The average molecular weight is 398 g/mol. The van der Waals surface area contributed by atoms with E-state index >= 15 is 0 Å². The number of para-hydroxylation sites is 1. The maximum absolute atomic E-state index is 12.7. The van der Waals surface area contributed by atoms with Crippen molar-refractivity contribution in [2.24, 2.45) is 0 Å². The van der Waals surface area contributed by atoms with E-state index in [1.807, 2.05) is 55.5 Å². The maximum atomic E-state index is 12.7. The highest BCUT2D eigenvalue weighted by atomic mass is 32.2. The molecule has 0 fully saturated rings. The normalized spacial score (nSPS) is 12.0. The Hall–Kier alpha value is -2.87. The van der Waals surface area contributed by atoms with Gasteiger partial charge in [-0.2, -0.15) is 4.68 Å². The molecule has 1 amide bonds. The van der Waals surface area contributed by atoms with Crippen molar-refractivity contribution in [2.75, 3.05) is 12.4 Å². The summed E-state index contributed by atoms with van der Waals surface area (Å²) in [6, 6.07) is 15.3. The molecule has 0 unspecified atom stereocenters. The van der Waals surface area contributed by atoms with Gasteiger partial charge in [0, 0.05) is 5.69 Å². The Morgan fingerprint density at radius 3 is 2.50 bits per heavy atom. The van der Waals surface area contributed by atoms with E-state index in [0.717, 1.165) is 22.7 Å². The number of carbonyl (C=O) groups excluding carboxylic acids is 1. The average Bonchev–Trinajstić information content (AvgIpc) is 3.16. The molecule has 0 spiro atoms. The number of nitrogens with one attached hydrogen (secondary N) is 1. The van der Waals surface area contributed by atoms with E-state index in [1.54, 1.807) is 11.8 Å². The number of nitrogens with zero attached hydrogens (tertiary/aromatic N) is 4. The van der Waals surface area contributed by atoms with Crippen LogP contribution in [0.15, 0.2) is 53.7 Å². The zero-order chi connectivity index (χ0) is 20.1. The number of tetrazole rings is 1. The van der Waals surface area contributed by atoms with Gasteiger partial charge in [0.15, 0.2) is 0 Å². The molecular formula is C20H23N5O2S. The second-order valence-electron chi connectivity index (χ2n) is 6.56. The van der Waals surface area contributed by atoms with Crippen LogP contribution in [0, 0.1) is 0 Å². The van der Waals surface area contributed by atoms with Crippen LogP contribution >= 0.6 is 11.8 Å². The Morgan fingerprint density at radius 2 is 1.82 bits per heavy atom. The van der Waals surface area contributed by atoms with Crippen molar-refractivity contribution in [3.8, 4) is 11.4 Å². The van der Waals surface area contributed by atoms with Crippen LogP contribution in [0.25, 0.3) is 5.69 Å². The third-order valence-electron chi connectivity index (χ3n) is 4.25. The lowest BCUT2D eigenvalue weighted by Crippen LogP contribution is -2.23. The maximum Gasteiger partial charge on any atom is 0.237 e. The molecule has 28 heavy (non-hydrogen) atoms. The van der Waals surface area contributed by atoms with Crippen LogP contribution in [0.5, 0.6) is 5.75 Å². The first-order chi connectivity index (χ1) is 13.5. The van der Waals surface area contributed by atoms with Gasteiger partial charge in [-0.05, 0) is 59.2 Å². The summed E-state index contributed by atoms with van der Waals surface area (Å²) in [4.78, 5) is 12.7. The number of carbonyl (C=O) groups is 1. The van der Waals surface area contributed by atoms with Crippen LogP contribution in [0.1, 0.15) is 32.3 Å². The molecule has 8 heteroatoms. The van der Waals surface area contributed by atoms with Crippen LogP contribution in [-0.4, -0.2) is 38.5 Å². The molecule has 146 valence electrons. The van der Waals surface area contributed by atoms with Crippen LogP contribution < -0.4 is 10.1 Å². The van der Waals surface area contributed by atoms with E-state index in [0.29, 0.717) is 11.1 Å². The number of rotatable bonds is 7. The monoisotopic (exact) mass is 397 g/mol. The molecule has 7 nitrogen and oxygen atoms in total. The van der Waals surface area contributed by atoms with Crippen molar-refractivity contribution in [1.82, 2.24) is 20.2 Å². The topological polar surface area (TPSA) is 81.9 Å². The molecule has 0 aliphatic carbocycles. The van der Waals surface area contributed by atoms with E-state index in [1.165, 1.54) is 11.8 Å². The van der Waals surface area contributed by atoms with Crippen molar-refractivity contribution in [1.29, 1.82) is 0 Å². The molecule has 1 N–H and O–H groups in total. The quantitative estimate of drug-likeness (QED) is 0.609. The molecule has 0 aliphatic heterocycles. The summed E-state index contributed by atoms with van der Waals surface area (Å²) < 4.78 is 6.78. The molecular weight excluding hydrogens is 374 g/mol. The summed E-state index contributed by atoms with van der Waals surface area (Å²) in [5.74, 6) is 0.979. The van der Waals surface area contributed by atoms with E-state index in [9.17, 15) is 4.79 Å². The largest absolute Gasteiger partial charge is 0.497 e. The molecule has 3 aromatic rings. The Labute approximate surface area is 168 Å². The molecule has 0 bridgehead atoms. The lowest BCUT2D eigenvalue weighted by atomic mass is 10.0. The third kappa shape index (κ3) is 4.51. The molecule has 2 aromatic carbocycles. The number of ether oxygens (including phenoxy) is 1. The zero-order valence-electron chi connectivity index (χ0n) is 16.3. The summed E-state index contributed by atoms with van der Waals surface area (Å²) >= 11 is 1.31. The number of hydrogen-bond donors (Lipinski definition) is 1. The molecule has 1 heterocycles. The highest BCUT2D eigenvalue weighted by Crippen LogP contribution is 2.27. The SMILES string of the molecule is COc1ccc(-n2nnnc2S[C@H](C)C(=O)Nc2ccccc2C(C)C)cc1. The van der Waals surface area contributed by atoms with Crippen molar-refractivity contribution < 1.29 is 9.53 Å². The van der Waals surface area contributed by atoms with E-state index in [-0.39, 0.29) is 11.2 Å². The number of hydrogen-bond acceptors (Lipinski definition) is 6.